The molecule has 0 fully saturated rings. The van der Waals surface area contributed by atoms with Crippen molar-refractivity contribution in [2.45, 2.75) is 27.4 Å². The van der Waals surface area contributed by atoms with E-state index in [1.165, 1.54) is 0 Å². The van der Waals surface area contributed by atoms with Gasteiger partial charge in [-0.3, -0.25) is 5.26 Å². The first-order chi connectivity index (χ1) is 13.6. The van der Waals surface area contributed by atoms with Crippen molar-refractivity contribution in [2.24, 2.45) is 5.18 Å². The van der Waals surface area contributed by atoms with Crippen LogP contribution in [0.15, 0.2) is 47.5 Å². The van der Waals surface area contributed by atoms with Crippen LogP contribution >= 0.6 is 0 Å². The summed E-state index contributed by atoms with van der Waals surface area (Å²) in [6.45, 7) is 8.84. The fourth-order valence-corrected chi connectivity index (χ4v) is 3.43. The van der Waals surface area contributed by atoms with Crippen LogP contribution in [0.3, 0.4) is 0 Å². The molecule has 7 heteroatoms. The Balaban J connectivity index is 1.94. The first-order valence-corrected chi connectivity index (χ1v) is 9.43. The lowest BCUT2D eigenvalue weighted by Gasteiger charge is -2.21. The van der Waals surface area contributed by atoms with Crippen molar-refractivity contribution in [3.05, 3.63) is 58.3 Å². The molecule has 3 rings (SSSR count). The van der Waals surface area contributed by atoms with E-state index in [9.17, 15) is 4.91 Å². The van der Waals surface area contributed by atoms with Gasteiger partial charge in [-0.25, -0.2) is 4.89 Å². The number of nitrogens with zero attached hydrogens (tertiary/aromatic N) is 3. The third-order valence-corrected chi connectivity index (χ3v) is 4.87. The molecule has 0 bridgehead atoms. The Morgan fingerprint density at radius 1 is 1.18 bits per heavy atom. The molecule has 0 radical (unpaired) electrons. The molecular formula is C21H25N3O4. The highest BCUT2D eigenvalue weighted by molar-refractivity contribution is 5.74. The molecule has 2 aromatic rings. The second-order valence-electron chi connectivity index (χ2n) is 6.41. The van der Waals surface area contributed by atoms with Gasteiger partial charge in [-0.1, -0.05) is 6.07 Å². The van der Waals surface area contributed by atoms with E-state index < -0.39 is 0 Å². The summed E-state index contributed by atoms with van der Waals surface area (Å²) in [7, 11) is 0. The Morgan fingerprint density at radius 3 is 2.61 bits per heavy atom. The standard InChI is InChI=1S/C21H25N3O4/c1-4-23(5-2)17-8-10-19-20(13-17)28-21(24(19)6-3)12-15-7-9-18(22-25)16(11-15)14-27-26/h7-13,26H,4-6,14H2,1-3H3/b21-12-. The first-order valence-electron chi connectivity index (χ1n) is 9.43. The van der Waals surface area contributed by atoms with E-state index in [4.69, 9.17) is 9.99 Å². The minimum atomic E-state index is -0.107. The van der Waals surface area contributed by atoms with E-state index in [1.54, 1.807) is 18.2 Å². The summed E-state index contributed by atoms with van der Waals surface area (Å²) in [5.74, 6) is 1.53. The van der Waals surface area contributed by atoms with Crippen molar-refractivity contribution in [3.8, 4) is 5.75 Å². The van der Waals surface area contributed by atoms with E-state index in [2.05, 4.69) is 58.8 Å². The van der Waals surface area contributed by atoms with Gasteiger partial charge < -0.3 is 14.5 Å². The molecule has 7 nitrogen and oxygen atoms in total. The van der Waals surface area contributed by atoms with Crippen molar-refractivity contribution in [1.82, 2.24) is 0 Å². The Hall–Kier alpha value is -2.90. The average Bonchev–Trinajstić information content (AvgIpc) is 3.05. The van der Waals surface area contributed by atoms with E-state index >= 15 is 0 Å². The summed E-state index contributed by atoms with van der Waals surface area (Å²) >= 11 is 0. The van der Waals surface area contributed by atoms with E-state index in [1.807, 2.05) is 6.08 Å². The van der Waals surface area contributed by atoms with Gasteiger partial charge in [0.1, 0.15) is 12.3 Å². The van der Waals surface area contributed by atoms with Gasteiger partial charge >= 0.3 is 0 Å². The van der Waals surface area contributed by atoms with Crippen LogP contribution in [-0.4, -0.2) is 24.9 Å². The second-order valence-corrected chi connectivity index (χ2v) is 6.41. The van der Waals surface area contributed by atoms with Crippen LogP contribution in [0, 0.1) is 4.91 Å². The smallest absolute Gasteiger partial charge is 0.201 e. The molecule has 0 unspecified atom stereocenters. The number of fused-ring (bicyclic) bond motifs is 1. The van der Waals surface area contributed by atoms with Crippen LogP contribution in [0.4, 0.5) is 17.1 Å². The highest BCUT2D eigenvalue weighted by Gasteiger charge is 2.26. The summed E-state index contributed by atoms with van der Waals surface area (Å²) in [6, 6.07) is 11.4. The number of benzene rings is 2. The normalized spacial score (nSPS) is 14.1. The third-order valence-electron chi connectivity index (χ3n) is 4.87. The maximum absolute atomic E-state index is 10.9. The van der Waals surface area contributed by atoms with Crippen LogP contribution in [0.1, 0.15) is 31.9 Å². The van der Waals surface area contributed by atoms with E-state index in [-0.39, 0.29) is 12.3 Å². The maximum atomic E-state index is 10.9. The zero-order valence-electron chi connectivity index (χ0n) is 16.4. The number of anilines is 2. The average molecular weight is 383 g/mol. The van der Waals surface area contributed by atoms with Crippen LogP contribution in [0.5, 0.6) is 5.75 Å². The SMILES string of the molecule is CCN(CC)c1ccc2c(c1)O/C(=C\c1ccc(N=O)c(COO)c1)N2CC. The second kappa shape index (κ2) is 8.86. The van der Waals surface area contributed by atoms with Gasteiger partial charge in [-0.2, -0.15) is 0 Å². The van der Waals surface area contributed by atoms with Crippen molar-refractivity contribution in [3.63, 3.8) is 0 Å². The first kappa shape index (κ1) is 19.9. The lowest BCUT2D eigenvalue weighted by molar-refractivity contribution is -0.252. The van der Waals surface area contributed by atoms with Crippen molar-refractivity contribution in [1.29, 1.82) is 0 Å². The molecule has 1 N–H and O–H groups in total. The van der Waals surface area contributed by atoms with Gasteiger partial charge in [0.2, 0.25) is 5.88 Å². The molecule has 1 heterocycles. The van der Waals surface area contributed by atoms with Gasteiger partial charge in [-0.15, -0.1) is 4.91 Å². The molecule has 148 valence electrons. The predicted molar refractivity (Wildman–Crippen MR) is 111 cm³/mol. The quantitative estimate of drug-likeness (QED) is 0.387. The van der Waals surface area contributed by atoms with E-state index in [0.29, 0.717) is 11.4 Å². The van der Waals surface area contributed by atoms with Crippen LogP contribution in [0.25, 0.3) is 6.08 Å². The van der Waals surface area contributed by atoms with Gasteiger partial charge in [0.05, 0.1) is 5.69 Å². The molecule has 28 heavy (non-hydrogen) atoms. The van der Waals surface area contributed by atoms with Gasteiger partial charge in [0, 0.05) is 43.0 Å². The van der Waals surface area contributed by atoms with Crippen LogP contribution in [0.2, 0.25) is 0 Å². The summed E-state index contributed by atoms with van der Waals surface area (Å²) in [4.78, 5) is 19.4. The fraction of sp³-hybridized carbons (Fsp3) is 0.333. The number of rotatable bonds is 8. The van der Waals surface area contributed by atoms with Crippen LogP contribution < -0.4 is 14.5 Å². The number of nitroso groups, excluding NO2 is 1. The molecular weight excluding hydrogens is 358 g/mol. The highest BCUT2D eigenvalue weighted by Crippen LogP contribution is 2.42. The Bertz CT molecular complexity index is 878. The zero-order valence-corrected chi connectivity index (χ0v) is 16.4. The lowest BCUT2D eigenvalue weighted by atomic mass is 10.1. The van der Waals surface area contributed by atoms with Gasteiger partial charge in [-0.05, 0) is 55.8 Å². The maximum Gasteiger partial charge on any atom is 0.201 e. The number of hydrogen-bond donors (Lipinski definition) is 1. The molecule has 0 aliphatic carbocycles. The Labute approximate surface area is 164 Å². The van der Waals surface area contributed by atoms with Crippen molar-refractivity contribution >= 4 is 23.1 Å². The molecule has 0 saturated carbocycles. The molecule has 0 aromatic heterocycles. The lowest BCUT2D eigenvalue weighted by Crippen LogP contribution is -2.21. The zero-order chi connectivity index (χ0) is 20.1. The van der Waals surface area contributed by atoms with Gasteiger partial charge in [0.15, 0.2) is 5.75 Å². The summed E-state index contributed by atoms with van der Waals surface area (Å²) < 4.78 is 6.15. The number of ether oxygens (including phenoxy) is 1. The minimum Gasteiger partial charge on any atom is -0.439 e. The molecule has 0 spiro atoms. The Morgan fingerprint density at radius 2 is 1.96 bits per heavy atom. The predicted octanol–water partition coefficient (Wildman–Crippen LogP) is 5.14. The minimum absolute atomic E-state index is 0.107. The third kappa shape index (κ3) is 3.85. The molecule has 2 aromatic carbocycles. The van der Waals surface area contributed by atoms with Crippen molar-refractivity contribution in [2.75, 3.05) is 29.4 Å². The number of hydrogen-bond acceptors (Lipinski definition) is 7. The fourth-order valence-electron chi connectivity index (χ4n) is 3.43. The largest absolute Gasteiger partial charge is 0.439 e. The topological polar surface area (TPSA) is 74.6 Å². The molecule has 0 amide bonds. The van der Waals surface area contributed by atoms with Crippen molar-refractivity contribution < 1.29 is 14.9 Å². The highest BCUT2D eigenvalue weighted by atomic mass is 17.1. The van der Waals surface area contributed by atoms with Gasteiger partial charge in [0.25, 0.3) is 0 Å². The summed E-state index contributed by atoms with van der Waals surface area (Å²) in [6.07, 6.45) is 1.90. The molecule has 1 aliphatic heterocycles. The van der Waals surface area contributed by atoms with Crippen LogP contribution in [-0.2, 0) is 11.5 Å². The van der Waals surface area contributed by atoms with E-state index in [0.717, 1.165) is 42.3 Å². The summed E-state index contributed by atoms with van der Waals surface area (Å²) in [5.41, 5.74) is 3.72. The molecule has 0 atom stereocenters. The summed E-state index contributed by atoms with van der Waals surface area (Å²) in [5, 5.41) is 11.7. The molecule has 1 aliphatic rings. The molecule has 0 saturated heterocycles. The Kier molecular flexibility index (Phi) is 6.28. The monoisotopic (exact) mass is 383 g/mol.